The van der Waals surface area contributed by atoms with E-state index < -0.39 is 34.1 Å². The van der Waals surface area contributed by atoms with Crippen LogP contribution in [0, 0.1) is 21.7 Å². The van der Waals surface area contributed by atoms with Crippen LogP contribution >= 0.6 is 0 Å². The highest BCUT2D eigenvalue weighted by atomic mass is 19.1. The molecule has 0 aliphatic rings. The van der Waals surface area contributed by atoms with E-state index in [1.807, 2.05) is 0 Å². The van der Waals surface area contributed by atoms with Crippen LogP contribution in [0.5, 0.6) is 5.75 Å². The molecule has 0 aliphatic heterocycles. The molecule has 0 aliphatic carbocycles. The first-order valence-electron chi connectivity index (χ1n) is 5.10. The zero-order chi connectivity index (χ0) is 13.9. The normalized spacial score (nSPS) is 12.0. The summed E-state index contributed by atoms with van der Waals surface area (Å²) < 4.78 is 31.7. The predicted molar refractivity (Wildman–Crippen MR) is 58.4 cm³/mol. The molecule has 0 bridgehead atoms. The van der Waals surface area contributed by atoms with Crippen LogP contribution in [0.2, 0.25) is 0 Å². The molecular weight excluding hydrogens is 248 g/mol. The Morgan fingerprint density at radius 3 is 2.56 bits per heavy atom. The fourth-order valence-corrected chi connectivity index (χ4v) is 1.41. The van der Waals surface area contributed by atoms with Gasteiger partial charge in [-0.15, -0.1) is 0 Å². The van der Waals surface area contributed by atoms with E-state index in [9.17, 15) is 23.7 Å². The molecule has 0 N–H and O–H groups in total. The minimum Gasteiger partial charge on any atom is -0.487 e. The van der Waals surface area contributed by atoms with Crippen molar-refractivity contribution in [2.45, 2.75) is 26.4 Å². The van der Waals surface area contributed by atoms with Crippen LogP contribution < -0.4 is 4.74 Å². The quantitative estimate of drug-likeness (QED) is 0.602. The Balaban J connectivity index is 2.94. The average molecular weight is 259 g/mol. The Bertz CT molecular complexity index is 490. The molecule has 98 valence electrons. The number of nitro groups is 1. The number of benzene rings is 1. The van der Waals surface area contributed by atoms with E-state index in [0.29, 0.717) is 12.1 Å². The zero-order valence-corrected chi connectivity index (χ0v) is 9.78. The zero-order valence-electron chi connectivity index (χ0n) is 9.78. The Morgan fingerprint density at radius 2 is 2.06 bits per heavy atom. The van der Waals surface area contributed by atoms with Crippen molar-refractivity contribution in [1.82, 2.24) is 0 Å². The van der Waals surface area contributed by atoms with Gasteiger partial charge in [-0.3, -0.25) is 14.9 Å². The Kier molecular flexibility index (Phi) is 4.30. The third kappa shape index (κ3) is 3.47. The minimum atomic E-state index is -1.19. The molecule has 1 aromatic rings. The maximum absolute atomic E-state index is 13.4. The minimum absolute atomic E-state index is 0.0397. The summed E-state index contributed by atoms with van der Waals surface area (Å²) in [6.45, 7) is 2.85. The maximum atomic E-state index is 13.4. The molecule has 5 nitrogen and oxygen atoms in total. The van der Waals surface area contributed by atoms with E-state index in [0.717, 1.165) is 0 Å². The van der Waals surface area contributed by atoms with Crippen LogP contribution in [-0.4, -0.2) is 16.8 Å². The fourth-order valence-electron chi connectivity index (χ4n) is 1.41. The lowest BCUT2D eigenvalue weighted by Gasteiger charge is -2.13. The number of hydrogen-bond acceptors (Lipinski definition) is 4. The van der Waals surface area contributed by atoms with Gasteiger partial charge >= 0.3 is 5.69 Å². The first-order chi connectivity index (χ1) is 8.31. The maximum Gasteiger partial charge on any atom is 0.307 e. The topological polar surface area (TPSA) is 69.4 Å². The summed E-state index contributed by atoms with van der Waals surface area (Å²) in [7, 11) is 0. The molecule has 0 amide bonds. The summed E-state index contributed by atoms with van der Waals surface area (Å²) in [6.07, 6.45) is -0.601. The molecule has 0 heterocycles. The second-order valence-electron chi connectivity index (χ2n) is 3.83. The molecule has 7 heteroatoms. The fraction of sp³-hybridized carbons (Fsp3) is 0.364. The van der Waals surface area contributed by atoms with Gasteiger partial charge in [0.25, 0.3) is 0 Å². The molecule has 0 fully saturated rings. The van der Waals surface area contributed by atoms with E-state index in [2.05, 4.69) is 0 Å². The van der Waals surface area contributed by atoms with Crippen molar-refractivity contribution < 1.29 is 23.2 Å². The molecule has 1 unspecified atom stereocenters. The van der Waals surface area contributed by atoms with Crippen LogP contribution in [0.25, 0.3) is 0 Å². The van der Waals surface area contributed by atoms with Crippen molar-refractivity contribution in [2.75, 3.05) is 0 Å². The highest BCUT2D eigenvalue weighted by Gasteiger charge is 2.20. The van der Waals surface area contributed by atoms with E-state index in [1.54, 1.807) is 0 Å². The summed E-state index contributed by atoms with van der Waals surface area (Å²) >= 11 is 0. The van der Waals surface area contributed by atoms with Gasteiger partial charge in [0.1, 0.15) is 11.9 Å². The number of nitro benzene ring substituents is 1. The van der Waals surface area contributed by atoms with Gasteiger partial charge in [0.2, 0.25) is 5.82 Å². The summed E-state index contributed by atoms with van der Waals surface area (Å²) in [5.41, 5.74) is -0.959. The SMILES string of the molecule is CC(=O)CC(C)Oc1cc(F)c([N+](=O)[O-])cc1F. The Morgan fingerprint density at radius 1 is 1.44 bits per heavy atom. The molecular formula is C11H11F2NO4. The summed E-state index contributed by atoms with van der Waals surface area (Å²) in [5.74, 6) is -2.85. The second kappa shape index (κ2) is 5.52. The number of halogens is 2. The van der Waals surface area contributed by atoms with Crippen molar-refractivity contribution in [1.29, 1.82) is 0 Å². The van der Waals surface area contributed by atoms with Crippen LogP contribution in [0.1, 0.15) is 20.3 Å². The van der Waals surface area contributed by atoms with Gasteiger partial charge < -0.3 is 4.74 Å². The van der Waals surface area contributed by atoms with Gasteiger partial charge in [-0.2, -0.15) is 4.39 Å². The number of Topliss-reactive ketones (excluding diaryl/α,β-unsaturated/α-hetero) is 1. The third-order valence-electron chi connectivity index (χ3n) is 2.10. The Hall–Kier alpha value is -2.05. The van der Waals surface area contributed by atoms with E-state index in [-0.39, 0.29) is 12.2 Å². The van der Waals surface area contributed by atoms with Crippen LogP contribution in [0.3, 0.4) is 0 Å². The lowest BCUT2D eigenvalue weighted by Crippen LogP contribution is -2.16. The van der Waals surface area contributed by atoms with Gasteiger partial charge in [-0.25, -0.2) is 4.39 Å². The number of nitrogens with zero attached hydrogens (tertiary/aromatic N) is 1. The van der Waals surface area contributed by atoms with E-state index >= 15 is 0 Å². The van der Waals surface area contributed by atoms with Gasteiger partial charge in [0.15, 0.2) is 11.6 Å². The van der Waals surface area contributed by atoms with E-state index in [1.165, 1.54) is 13.8 Å². The first-order valence-corrected chi connectivity index (χ1v) is 5.10. The van der Waals surface area contributed by atoms with Crippen molar-refractivity contribution in [3.05, 3.63) is 33.9 Å². The van der Waals surface area contributed by atoms with Crippen LogP contribution in [0.4, 0.5) is 14.5 Å². The second-order valence-corrected chi connectivity index (χ2v) is 3.83. The van der Waals surface area contributed by atoms with Gasteiger partial charge in [-0.05, 0) is 13.8 Å². The molecule has 0 radical (unpaired) electrons. The number of carbonyl (C=O) groups is 1. The highest BCUT2D eigenvalue weighted by Crippen LogP contribution is 2.27. The third-order valence-corrected chi connectivity index (χ3v) is 2.10. The Labute approximate surface area is 102 Å². The van der Waals surface area contributed by atoms with Crippen molar-refractivity contribution in [3.8, 4) is 5.75 Å². The van der Waals surface area contributed by atoms with Crippen LogP contribution in [0.15, 0.2) is 12.1 Å². The largest absolute Gasteiger partial charge is 0.487 e. The average Bonchev–Trinajstić information content (AvgIpc) is 2.21. The summed E-state index contributed by atoms with van der Waals surface area (Å²) in [6, 6.07) is 1.05. The van der Waals surface area contributed by atoms with Gasteiger partial charge in [-0.1, -0.05) is 0 Å². The lowest BCUT2D eigenvalue weighted by molar-refractivity contribution is -0.387. The molecule has 18 heavy (non-hydrogen) atoms. The number of ketones is 1. The predicted octanol–water partition coefficient (Wildman–Crippen LogP) is 2.62. The summed E-state index contributed by atoms with van der Waals surface area (Å²) in [5, 5.41) is 10.4. The number of hydrogen-bond donors (Lipinski definition) is 0. The van der Waals surface area contributed by atoms with Crippen molar-refractivity contribution in [3.63, 3.8) is 0 Å². The molecule has 0 spiro atoms. The number of rotatable bonds is 5. The molecule has 1 atom stereocenters. The lowest BCUT2D eigenvalue weighted by atomic mass is 10.2. The molecule has 0 saturated heterocycles. The molecule has 1 aromatic carbocycles. The van der Waals surface area contributed by atoms with Gasteiger partial charge in [0.05, 0.1) is 11.0 Å². The van der Waals surface area contributed by atoms with Crippen LogP contribution in [-0.2, 0) is 4.79 Å². The molecule has 1 rings (SSSR count). The van der Waals surface area contributed by atoms with Crippen molar-refractivity contribution in [2.24, 2.45) is 0 Å². The van der Waals surface area contributed by atoms with E-state index in [4.69, 9.17) is 4.74 Å². The first kappa shape index (κ1) is 14.0. The molecule has 0 saturated carbocycles. The highest BCUT2D eigenvalue weighted by molar-refractivity contribution is 5.75. The number of ether oxygens (including phenoxy) is 1. The number of carbonyl (C=O) groups excluding carboxylic acids is 1. The monoisotopic (exact) mass is 259 g/mol. The standard InChI is InChI=1S/C11H11F2NO4/c1-6(15)3-7(2)18-11-5-8(12)10(14(16)17)4-9(11)13/h4-5,7H,3H2,1-2H3. The molecule has 0 aromatic heterocycles. The van der Waals surface area contributed by atoms with Gasteiger partial charge in [0, 0.05) is 12.5 Å². The smallest absolute Gasteiger partial charge is 0.307 e. The summed E-state index contributed by atoms with van der Waals surface area (Å²) in [4.78, 5) is 20.1. The van der Waals surface area contributed by atoms with Crippen molar-refractivity contribution >= 4 is 11.5 Å².